The van der Waals surface area contributed by atoms with Crippen molar-refractivity contribution in [3.05, 3.63) is 0 Å². The molecule has 0 aromatic carbocycles. The molecule has 0 saturated carbocycles. The van der Waals surface area contributed by atoms with Crippen molar-refractivity contribution in [1.82, 2.24) is 16.0 Å². The number of primary amides is 1. The molecule has 156 valence electrons. The van der Waals surface area contributed by atoms with Gasteiger partial charge in [-0.2, -0.15) is 0 Å². The van der Waals surface area contributed by atoms with E-state index in [1.54, 1.807) is 13.8 Å². The summed E-state index contributed by atoms with van der Waals surface area (Å²) >= 11 is 0. The highest BCUT2D eigenvalue weighted by Gasteiger charge is 2.31. The fraction of sp³-hybridized carbons (Fsp3) is 0.765. The molecule has 0 fully saturated rings. The van der Waals surface area contributed by atoms with Gasteiger partial charge in [0.05, 0.1) is 6.10 Å². The van der Waals surface area contributed by atoms with Gasteiger partial charge in [-0.05, 0) is 38.6 Å². The smallest absolute Gasteiger partial charge is 0.245 e. The molecule has 0 aliphatic rings. The number of aliphatic hydroxyl groups is 1. The van der Waals surface area contributed by atoms with E-state index in [0.717, 1.165) is 0 Å². The van der Waals surface area contributed by atoms with Gasteiger partial charge in [0.25, 0.3) is 0 Å². The van der Waals surface area contributed by atoms with Crippen molar-refractivity contribution in [2.75, 3.05) is 6.54 Å². The summed E-state index contributed by atoms with van der Waals surface area (Å²) < 4.78 is 0. The number of nitrogens with one attached hydrogen (secondary N) is 3. The Morgan fingerprint density at radius 3 is 1.93 bits per heavy atom. The summed E-state index contributed by atoms with van der Waals surface area (Å²) in [6, 6.07) is -3.04. The average molecular weight is 387 g/mol. The Morgan fingerprint density at radius 1 is 0.926 bits per heavy atom. The maximum Gasteiger partial charge on any atom is 0.245 e. The first-order valence-electron chi connectivity index (χ1n) is 9.06. The van der Waals surface area contributed by atoms with Crippen molar-refractivity contribution in [1.29, 1.82) is 0 Å². The van der Waals surface area contributed by atoms with E-state index in [-0.39, 0.29) is 12.3 Å². The average Bonchev–Trinajstić information content (AvgIpc) is 2.55. The second-order valence-corrected chi connectivity index (χ2v) is 6.90. The maximum atomic E-state index is 12.6. The van der Waals surface area contributed by atoms with Crippen LogP contribution < -0.4 is 27.4 Å². The maximum absolute atomic E-state index is 12.6. The van der Waals surface area contributed by atoms with Crippen LogP contribution in [0.1, 0.15) is 47.0 Å². The predicted molar refractivity (Wildman–Crippen MR) is 100 cm³/mol. The fourth-order valence-electron chi connectivity index (χ4n) is 2.47. The molecule has 4 unspecified atom stereocenters. The van der Waals surface area contributed by atoms with E-state index >= 15 is 0 Å². The van der Waals surface area contributed by atoms with Gasteiger partial charge in [0.1, 0.15) is 18.1 Å². The van der Waals surface area contributed by atoms with Crippen LogP contribution in [0.3, 0.4) is 0 Å². The Kier molecular flexibility index (Phi) is 11.2. The molecule has 0 saturated heterocycles. The number of amides is 4. The second kappa shape index (κ2) is 12.2. The molecule has 0 spiro atoms. The summed E-state index contributed by atoms with van der Waals surface area (Å²) in [4.78, 5) is 47.8. The monoisotopic (exact) mass is 387 g/mol. The van der Waals surface area contributed by atoms with Crippen molar-refractivity contribution in [2.24, 2.45) is 17.4 Å². The minimum Gasteiger partial charge on any atom is -0.391 e. The van der Waals surface area contributed by atoms with Crippen molar-refractivity contribution in [3.63, 3.8) is 0 Å². The first kappa shape index (κ1) is 24.8. The predicted octanol–water partition coefficient (Wildman–Crippen LogP) is -1.89. The van der Waals surface area contributed by atoms with Crippen LogP contribution in [0.25, 0.3) is 0 Å². The summed E-state index contributed by atoms with van der Waals surface area (Å²) in [5.41, 5.74) is 10.8. The number of carbonyl (C=O) groups is 4. The molecule has 0 aliphatic carbocycles. The summed E-state index contributed by atoms with van der Waals surface area (Å²) in [5.74, 6) is -2.66. The molecule has 4 atom stereocenters. The summed E-state index contributed by atoms with van der Waals surface area (Å²) in [7, 11) is 0. The third kappa shape index (κ3) is 9.34. The standard InChI is InChI=1S/C17H33N5O5/c1-9(2)13(15(19)25)22-16(26)12(7-5-6-8-18)21-17(27)14(10(3)23)20-11(4)24/h9-10,12-14,23H,5-8,18H2,1-4H3,(H2,19,25)(H,20,24)(H,21,27)(H,22,26). The van der Waals surface area contributed by atoms with Gasteiger partial charge < -0.3 is 32.5 Å². The largest absolute Gasteiger partial charge is 0.391 e. The van der Waals surface area contributed by atoms with Crippen molar-refractivity contribution in [3.8, 4) is 0 Å². The van der Waals surface area contributed by atoms with Crippen LogP contribution in [-0.2, 0) is 19.2 Å². The van der Waals surface area contributed by atoms with Crippen LogP contribution >= 0.6 is 0 Å². The van der Waals surface area contributed by atoms with E-state index in [4.69, 9.17) is 11.5 Å². The molecule has 4 amide bonds. The second-order valence-electron chi connectivity index (χ2n) is 6.90. The molecule has 0 heterocycles. The van der Waals surface area contributed by atoms with Gasteiger partial charge in [-0.15, -0.1) is 0 Å². The van der Waals surface area contributed by atoms with Crippen molar-refractivity contribution < 1.29 is 24.3 Å². The van der Waals surface area contributed by atoms with E-state index in [0.29, 0.717) is 19.4 Å². The Labute approximate surface area is 159 Å². The number of rotatable bonds is 12. The normalized spacial score (nSPS) is 15.4. The molecule has 0 aromatic heterocycles. The van der Waals surface area contributed by atoms with E-state index in [1.807, 2.05) is 0 Å². The highest BCUT2D eigenvalue weighted by molar-refractivity contribution is 5.94. The zero-order valence-electron chi connectivity index (χ0n) is 16.5. The van der Waals surface area contributed by atoms with Crippen LogP contribution in [-0.4, -0.2) is 59.5 Å². The van der Waals surface area contributed by atoms with E-state index in [2.05, 4.69) is 16.0 Å². The third-order valence-corrected chi connectivity index (χ3v) is 3.97. The minimum atomic E-state index is -1.20. The number of nitrogens with two attached hydrogens (primary N) is 2. The lowest BCUT2D eigenvalue weighted by Crippen LogP contribution is -2.59. The van der Waals surface area contributed by atoms with Crippen LogP contribution in [0.2, 0.25) is 0 Å². The lowest BCUT2D eigenvalue weighted by molar-refractivity contribution is -0.135. The zero-order chi connectivity index (χ0) is 21.1. The SMILES string of the molecule is CC(=O)NC(C(=O)NC(CCCCN)C(=O)NC(C(N)=O)C(C)C)C(C)O. The number of hydrogen-bond donors (Lipinski definition) is 6. The van der Waals surface area contributed by atoms with Gasteiger partial charge in [0.15, 0.2) is 0 Å². The lowest BCUT2D eigenvalue weighted by atomic mass is 10.0. The Balaban J connectivity index is 5.26. The number of unbranched alkanes of at least 4 members (excludes halogenated alkanes) is 1. The van der Waals surface area contributed by atoms with Crippen LogP contribution in [0.15, 0.2) is 0 Å². The lowest BCUT2D eigenvalue weighted by Gasteiger charge is -2.26. The fourth-order valence-corrected chi connectivity index (χ4v) is 2.47. The number of hydrogen-bond acceptors (Lipinski definition) is 6. The zero-order valence-corrected chi connectivity index (χ0v) is 16.5. The summed E-state index contributed by atoms with van der Waals surface area (Å²) in [6.07, 6.45) is 0.340. The molecule has 0 aliphatic heterocycles. The van der Waals surface area contributed by atoms with Gasteiger partial charge in [-0.1, -0.05) is 13.8 Å². The molecular formula is C17H33N5O5. The van der Waals surface area contributed by atoms with Gasteiger partial charge in [0, 0.05) is 6.92 Å². The number of aliphatic hydroxyl groups excluding tert-OH is 1. The Morgan fingerprint density at radius 2 is 1.52 bits per heavy atom. The molecule has 0 radical (unpaired) electrons. The first-order chi connectivity index (χ1) is 12.5. The molecule has 10 heteroatoms. The van der Waals surface area contributed by atoms with Gasteiger partial charge in [-0.3, -0.25) is 19.2 Å². The van der Waals surface area contributed by atoms with Crippen LogP contribution in [0.5, 0.6) is 0 Å². The van der Waals surface area contributed by atoms with Crippen LogP contribution in [0, 0.1) is 5.92 Å². The van der Waals surface area contributed by atoms with E-state index < -0.39 is 47.9 Å². The quantitative estimate of drug-likeness (QED) is 0.213. The third-order valence-electron chi connectivity index (χ3n) is 3.97. The van der Waals surface area contributed by atoms with Crippen molar-refractivity contribution in [2.45, 2.75) is 71.2 Å². The topological polar surface area (TPSA) is 177 Å². The number of carbonyl (C=O) groups excluding carboxylic acids is 4. The molecule has 0 aromatic rings. The van der Waals surface area contributed by atoms with Gasteiger partial charge in [0.2, 0.25) is 23.6 Å². The van der Waals surface area contributed by atoms with E-state index in [1.165, 1.54) is 13.8 Å². The highest BCUT2D eigenvalue weighted by Crippen LogP contribution is 2.06. The van der Waals surface area contributed by atoms with Crippen LogP contribution in [0.4, 0.5) is 0 Å². The molecular weight excluding hydrogens is 354 g/mol. The Bertz CT molecular complexity index is 524. The summed E-state index contributed by atoms with van der Waals surface area (Å²) in [5, 5.41) is 17.2. The molecule has 0 rings (SSSR count). The first-order valence-corrected chi connectivity index (χ1v) is 9.06. The van der Waals surface area contributed by atoms with Gasteiger partial charge in [-0.25, -0.2) is 0 Å². The molecule has 0 bridgehead atoms. The Hall–Kier alpha value is -2.20. The minimum absolute atomic E-state index is 0.226. The molecule has 27 heavy (non-hydrogen) atoms. The highest BCUT2D eigenvalue weighted by atomic mass is 16.3. The van der Waals surface area contributed by atoms with Crippen molar-refractivity contribution >= 4 is 23.6 Å². The molecule has 10 nitrogen and oxygen atoms in total. The van der Waals surface area contributed by atoms with Gasteiger partial charge >= 0.3 is 0 Å². The van der Waals surface area contributed by atoms with E-state index in [9.17, 15) is 24.3 Å². The summed E-state index contributed by atoms with van der Waals surface area (Å²) in [6.45, 7) is 6.47. The molecule has 8 N–H and O–H groups in total.